The SMILES string of the molecule is CCCCC(NS(=O)(=O)c1ccc(Br)cc1Cl)C(=O)O. The third-order valence-electron chi connectivity index (χ3n) is 2.63. The molecule has 0 heterocycles. The molecule has 20 heavy (non-hydrogen) atoms. The van der Waals surface area contributed by atoms with Crippen molar-refractivity contribution in [3.8, 4) is 0 Å². The van der Waals surface area contributed by atoms with Gasteiger partial charge in [-0.1, -0.05) is 47.3 Å². The number of carboxylic acids is 1. The minimum atomic E-state index is -3.97. The highest BCUT2D eigenvalue weighted by Gasteiger charge is 2.26. The monoisotopic (exact) mass is 383 g/mol. The van der Waals surface area contributed by atoms with Crippen molar-refractivity contribution in [2.24, 2.45) is 0 Å². The molecule has 0 saturated carbocycles. The molecule has 1 aromatic carbocycles. The second-order valence-electron chi connectivity index (χ2n) is 4.23. The number of sulfonamides is 1. The summed E-state index contributed by atoms with van der Waals surface area (Å²) < 4.78 is 27.2. The van der Waals surface area contributed by atoms with Crippen LogP contribution < -0.4 is 4.72 Å². The van der Waals surface area contributed by atoms with Gasteiger partial charge < -0.3 is 5.11 Å². The maximum atomic E-state index is 12.2. The highest BCUT2D eigenvalue weighted by Crippen LogP contribution is 2.25. The van der Waals surface area contributed by atoms with E-state index >= 15 is 0 Å². The van der Waals surface area contributed by atoms with E-state index in [1.165, 1.54) is 18.2 Å². The van der Waals surface area contributed by atoms with E-state index in [4.69, 9.17) is 16.7 Å². The van der Waals surface area contributed by atoms with E-state index in [0.29, 0.717) is 10.9 Å². The van der Waals surface area contributed by atoms with E-state index in [9.17, 15) is 13.2 Å². The zero-order valence-corrected chi connectivity index (χ0v) is 13.9. The van der Waals surface area contributed by atoms with Crippen molar-refractivity contribution >= 4 is 43.5 Å². The molecule has 0 aromatic heterocycles. The van der Waals surface area contributed by atoms with E-state index in [1.54, 1.807) is 0 Å². The summed E-state index contributed by atoms with van der Waals surface area (Å²) in [7, 11) is -3.97. The van der Waals surface area contributed by atoms with Crippen molar-refractivity contribution in [2.45, 2.75) is 37.1 Å². The van der Waals surface area contributed by atoms with Gasteiger partial charge in [-0.3, -0.25) is 4.79 Å². The van der Waals surface area contributed by atoms with E-state index in [1.807, 2.05) is 6.92 Å². The number of aliphatic carboxylic acids is 1. The number of hydrogen-bond acceptors (Lipinski definition) is 3. The molecule has 1 rings (SSSR count). The van der Waals surface area contributed by atoms with Crippen molar-refractivity contribution < 1.29 is 18.3 Å². The van der Waals surface area contributed by atoms with Gasteiger partial charge in [-0.2, -0.15) is 4.72 Å². The largest absolute Gasteiger partial charge is 0.480 e. The predicted molar refractivity (Wildman–Crippen MR) is 80.4 cm³/mol. The molecular formula is C12H15BrClNO4S. The molecule has 1 aromatic rings. The Kier molecular flexibility index (Phi) is 6.44. The third kappa shape index (κ3) is 4.73. The Morgan fingerprint density at radius 1 is 1.50 bits per heavy atom. The predicted octanol–water partition coefficient (Wildman–Crippen LogP) is 3.02. The first-order chi connectivity index (χ1) is 9.27. The lowest BCUT2D eigenvalue weighted by molar-refractivity contribution is -0.139. The first-order valence-corrected chi connectivity index (χ1v) is 8.63. The van der Waals surface area contributed by atoms with Crippen LogP contribution in [0.2, 0.25) is 5.02 Å². The lowest BCUT2D eigenvalue weighted by Gasteiger charge is -2.15. The smallest absolute Gasteiger partial charge is 0.321 e. The van der Waals surface area contributed by atoms with Gasteiger partial charge in [0, 0.05) is 4.47 Å². The number of rotatable bonds is 7. The van der Waals surface area contributed by atoms with E-state index in [2.05, 4.69) is 20.7 Å². The second kappa shape index (κ2) is 7.40. The molecule has 0 saturated heterocycles. The van der Waals surface area contributed by atoms with Gasteiger partial charge in [0.2, 0.25) is 10.0 Å². The van der Waals surface area contributed by atoms with E-state index in [-0.39, 0.29) is 16.3 Å². The Labute approximate surface area is 131 Å². The molecule has 0 aliphatic heterocycles. The van der Waals surface area contributed by atoms with Gasteiger partial charge in [-0.05, 0) is 24.6 Å². The maximum absolute atomic E-state index is 12.2. The summed E-state index contributed by atoms with van der Waals surface area (Å²) in [5, 5.41) is 9.09. The van der Waals surface area contributed by atoms with E-state index < -0.39 is 22.0 Å². The normalized spacial score (nSPS) is 13.2. The summed E-state index contributed by atoms with van der Waals surface area (Å²) in [5.41, 5.74) is 0. The molecule has 0 fully saturated rings. The van der Waals surface area contributed by atoms with Gasteiger partial charge in [0.25, 0.3) is 0 Å². The van der Waals surface area contributed by atoms with Crippen molar-refractivity contribution in [2.75, 3.05) is 0 Å². The molecule has 5 nitrogen and oxygen atoms in total. The molecule has 112 valence electrons. The van der Waals surface area contributed by atoms with Gasteiger partial charge in [-0.25, -0.2) is 8.42 Å². The molecule has 8 heteroatoms. The van der Waals surface area contributed by atoms with Gasteiger partial charge in [0.15, 0.2) is 0 Å². The number of unbranched alkanes of at least 4 members (excludes halogenated alkanes) is 1. The van der Waals surface area contributed by atoms with Gasteiger partial charge in [-0.15, -0.1) is 0 Å². The second-order valence-corrected chi connectivity index (χ2v) is 7.23. The maximum Gasteiger partial charge on any atom is 0.321 e. The van der Waals surface area contributed by atoms with Crippen molar-refractivity contribution in [1.82, 2.24) is 4.72 Å². The van der Waals surface area contributed by atoms with Gasteiger partial charge >= 0.3 is 5.97 Å². The first-order valence-electron chi connectivity index (χ1n) is 5.98. The molecule has 0 spiro atoms. The average molecular weight is 385 g/mol. The van der Waals surface area contributed by atoms with Crippen molar-refractivity contribution in [1.29, 1.82) is 0 Å². The number of carboxylic acid groups (broad SMARTS) is 1. The van der Waals surface area contributed by atoms with E-state index in [0.717, 1.165) is 6.42 Å². The quantitative estimate of drug-likeness (QED) is 0.757. The Bertz CT molecular complexity index is 591. The average Bonchev–Trinajstić information content (AvgIpc) is 2.33. The van der Waals surface area contributed by atoms with Crippen molar-refractivity contribution in [3.05, 3.63) is 27.7 Å². The highest BCUT2D eigenvalue weighted by atomic mass is 79.9. The summed E-state index contributed by atoms with van der Waals surface area (Å²) in [4.78, 5) is 11.0. The summed E-state index contributed by atoms with van der Waals surface area (Å²) >= 11 is 9.06. The molecular weight excluding hydrogens is 370 g/mol. The zero-order valence-electron chi connectivity index (χ0n) is 10.8. The molecule has 1 atom stereocenters. The Morgan fingerprint density at radius 2 is 2.15 bits per heavy atom. The van der Waals surface area contributed by atoms with Crippen molar-refractivity contribution in [3.63, 3.8) is 0 Å². The molecule has 0 amide bonds. The lowest BCUT2D eigenvalue weighted by Crippen LogP contribution is -2.40. The number of halogens is 2. The Hall–Kier alpha value is -0.630. The summed E-state index contributed by atoms with van der Waals surface area (Å²) in [6.45, 7) is 1.90. The molecule has 0 aliphatic carbocycles. The summed E-state index contributed by atoms with van der Waals surface area (Å²) in [6, 6.07) is 3.15. The standard InChI is InChI=1S/C12H15BrClNO4S/c1-2-3-4-10(12(16)17)15-20(18,19)11-6-5-8(13)7-9(11)14/h5-7,10,15H,2-4H2,1H3,(H,16,17). The number of hydrogen-bond donors (Lipinski definition) is 2. The van der Waals surface area contributed by atoms with Gasteiger partial charge in [0.05, 0.1) is 5.02 Å². The zero-order chi connectivity index (χ0) is 15.3. The van der Waals surface area contributed by atoms with Crippen LogP contribution in [0.1, 0.15) is 26.2 Å². The fraction of sp³-hybridized carbons (Fsp3) is 0.417. The van der Waals surface area contributed by atoms with Crippen LogP contribution >= 0.6 is 27.5 Å². The summed E-state index contributed by atoms with van der Waals surface area (Å²) in [5.74, 6) is -1.20. The minimum absolute atomic E-state index is 0.0338. The Balaban J connectivity index is 3.00. The number of benzene rings is 1. The fourth-order valence-corrected chi connectivity index (χ4v) is 3.85. The molecule has 2 N–H and O–H groups in total. The third-order valence-corrected chi connectivity index (χ3v) is 5.07. The topological polar surface area (TPSA) is 83.5 Å². The molecule has 0 aliphatic rings. The molecule has 0 radical (unpaired) electrons. The number of carbonyl (C=O) groups is 1. The fourth-order valence-electron chi connectivity index (χ4n) is 1.58. The van der Waals surface area contributed by atoms with Crippen LogP contribution in [0.5, 0.6) is 0 Å². The number of nitrogens with one attached hydrogen (secondary N) is 1. The first kappa shape index (κ1) is 17.4. The minimum Gasteiger partial charge on any atom is -0.480 e. The van der Waals surface area contributed by atoms with Crippen LogP contribution in [0.3, 0.4) is 0 Å². The van der Waals surface area contributed by atoms with Crippen LogP contribution in [0.15, 0.2) is 27.6 Å². The molecule has 1 unspecified atom stereocenters. The highest BCUT2D eigenvalue weighted by molar-refractivity contribution is 9.10. The van der Waals surface area contributed by atoms with Crippen LogP contribution in [0, 0.1) is 0 Å². The molecule has 0 bridgehead atoms. The van der Waals surface area contributed by atoms with Gasteiger partial charge in [0.1, 0.15) is 10.9 Å². The van der Waals surface area contributed by atoms with Crippen LogP contribution in [0.4, 0.5) is 0 Å². The van der Waals surface area contributed by atoms with Crippen LogP contribution in [0.25, 0.3) is 0 Å². The van der Waals surface area contributed by atoms with Crippen LogP contribution in [-0.2, 0) is 14.8 Å². The Morgan fingerprint density at radius 3 is 2.65 bits per heavy atom. The lowest BCUT2D eigenvalue weighted by atomic mass is 10.1. The van der Waals surface area contributed by atoms with Crippen LogP contribution in [-0.4, -0.2) is 25.5 Å². The summed E-state index contributed by atoms with van der Waals surface area (Å²) in [6.07, 6.45) is 1.64.